The molecule has 132 valence electrons. The van der Waals surface area contributed by atoms with Crippen LogP contribution in [-0.4, -0.2) is 45.2 Å². The van der Waals surface area contributed by atoms with Crippen molar-refractivity contribution in [2.45, 2.75) is 70.9 Å². The van der Waals surface area contributed by atoms with Crippen molar-refractivity contribution in [1.29, 1.82) is 0 Å². The molecule has 0 saturated heterocycles. The first-order valence-corrected chi connectivity index (χ1v) is 7.25. The van der Waals surface area contributed by atoms with Crippen molar-refractivity contribution in [2.75, 3.05) is 0 Å². The zero-order valence-corrected chi connectivity index (χ0v) is 13.5. The van der Waals surface area contributed by atoms with E-state index in [0.29, 0.717) is 12.8 Å². The number of ether oxygens (including phenoxy) is 1. The van der Waals surface area contributed by atoms with Crippen LogP contribution in [0.15, 0.2) is 5.10 Å². The third-order valence-electron chi connectivity index (χ3n) is 3.08. The predicted molar refractivity (Wildman–Crippen MR) is 75.3 cm³/mol. The van der Waals surface area contributed by atoms with Gasteiger partial charge < -0.3 is 9.84 Å². The predicted octanol–water partition coefficient (Wildman–Crippen LogP) is 2.36. The van der Waals surface area contributed by atoms with E-state index >= 15 is 0 Å². The lowest BCUT2D eigenvalue weighted by Gasteiger charge is -2.32. The fraction of sp³-hybridized carbons (Fsp3) is 0.786. The monoisotopic (exact) mass is 338 g/mol. The van der Waals surface area contributed by atoms with Gasteiger partial charge in [-0.1, -0.05) is 13.3 Å². The number of carbonyl (C=O) groups excluding carboxylic acids is 2. The van der Waals surface area contributed by atoms with Gasteiger partial charge in [0.1, 0.15) is 5.60 Å². The summed E-state index contributed by atoms with van der Waals surface area (Å²) in [5.74, 6) is -3.15. The molecule has 0 saturated carbocycles. The Morgan fingerprint density at radius 2 is 1.91 bits per heavy atom. The van der Waals surface area contributed by atoms with Crippen LogP contribution < -0.4 is 0 Å². The fourth-order valence-electron chi connectivity index (χ4n) is 1.98. The Hall–Kier alpha value is -1.64. The second-order valence-corrected chi connectivity index (χ2v) is 6.38. The molecule has 0 unspecified atom stereocenters. The van der Waals surface area contributed by atoms with E-state index < -0.39 is 35.8 Å². The number of hydrazone groups is 1. The highest BCUT2D eigenvalue weighted by atomic mass is 19.4. The number of amides is 1. The quantitative estimate of drug-likeness (QED) is 0.633. The van der Waals surface area contributed by atoms with Crippen LogP contribution in [0.5, 0.6) is 0 Å². The molecule has 1 aliphatic heterocycles. The summed E-state index contributed by atoms with van der Waals surface area (Å²) in [5.41, 5.74) is -4.56. The van der Waals surface area contributed by atoms with E-state index in [-0.39, 0.29) is 17.1 Å². The van der Waals surface area contributed by atoms with Crippen LogP contribution in [0.2, 0.25) is 0 Å². The lowest BCUT2D eigenvalue weighted by molar-refractivity contribution is -0.302. The molecule has 0 spiro atoms. The van der Waals surface area contributed by atoms with E-state index in [0.717, 1.165) is 0 Å². The highest BCUT2D eigenvalue weighted by molar-refractivity contribution is 6.32. The van der Waals surface area contributed by atoms with Gasteiger partial charge >= 0.3 is 18.1 Å². The third kappa shape index (κ3) is 4.43. The molecule has 1 heterocycles. The van der Waals surface area contributed by atoms with Gasteiger partial charge in [-0.15, -0.1) is 0 Å². The summed E-state index contributed by atoms with van der Waals surface area (Å²) >= 11 is 0. The van der Waals surface area contributed by atoms with E-state index in [4.69, 9.17) is 4.74 Å². The summed E-state index contributed by atoms with van der Waals surface area (Å²) in [4.78, 5) is 23.7. The number of alkyl halides is 3. The number of halogens is 3. The van der Waals surface area contributed by atoms with Crippen LogP contribution in [0.25, 0.3) is 0 Å². The summed E-state index contributed by atoms with van der Waals surface area (Å²) in [6.45, 7) is 6.24. The normalized spacial score (nSPS) is 22.1. The topological polar surface area (TPSA) is 79.2 Å². The number of hydrogen-bond acceptors (Lipinski definition) is 5. The average molecular weight is 338 g/mol. The molecular formula is C14H21F3N2O4. The van der Waals surface area contributed by atoms with Crippen molar-refractivity contribution < 1.29 is 32.6 Å². The zero-order valence-electron chi connectivity index (χ0n) is 13.5. The van der Waals surface area contributed by atoms with Gasteiger partial charge in [-0.2, -0.15) is 23.3 Å². The number of rotatable bonds is 3. The van der Waals surface area contributed by atoms with Crippen LogP contribution in [0.1, 0.15) is 53.4 Å². The lowest BCUT2D eigenvalue weighted by Crippen LogP contribution is -2.58. The fourth-order valence-corrected chi connectivity index (χ4v) is 1.98. The highest BCUT2D eigenvalue weighted by Crippen LogP contribution is 2.41. The molecule has 0 aromatic heterocycles. The zero-order chi connectivity index (χ0) is 18.1. The number of aliphatic hydroxyl groups is 1. The summed E-state index contributed by atoms with van der Waals surface area (Å²) in [6, 6.07) is 0. The van der Waals surface area contributed by atoms with Gasteiger partial charge in [0.05, 0.1) is 0 Å². The first kappa shape index (κ1) is 19.4. The van der Waals surface area contributed by atoms with Crippen molar-refractivity contribution >= 4 is 17.6 Å². The largest absolute Gasteiger partial charge is 0.453 e. The van der Waals surface area contributed by atoms with Crippen molar-refractivity contribution in [2.24, 2.45) is 5.10 Å². The first-order valence-electron chi connectivity index (χ1n) is 7.25. The molecular weight excluding hydrogens is 317 g/mol. The molecule has 0 fully saturated rings. The maximum absolute atomic E-state index is 13.2. The summed E-state index contributed by atoms with van der Waals surface area (Å²) in [5, 5.41) is 13.3. The molecule has 1 rings (SSSR count). The smallest absolute Gasteiger partial charge is 0.438 e. The SMILES string of the molecule is CCCCC1=NN(C(=O)C(=O)OC(C)(C)C)[C@@](O)(C(F)(F)F)C1. The Bertz CT molecular complexity index is 511. The molecule has 1 amide bonds. The standard InChI is InChI=1S/C14H21F3N2O4/c1-5-6-7-9-8-13(22,14(15,16)17)19(18-9)10(20)11(21)23-12(2,3)4/h22H,5-8H2,1-4H3/t13-/m0/s1. The van der Waals surface area contributed by atoms with Gasteiger partial charge in [0.25, 0.3) is 5.72 Å². The molecule has 0 aromatic rings. The summed E-state index contributed by atoms with van der Waals surface area (Å²) in [6.07, 6.45) is -4.55. The minimum Gasteiger partial charge on any atom is -0.453 e. The Morgan fingerprint density at radius 3 is 2.35 bits per heavy atom. The molecule has 1 aliphatic rings. The van der Waals surface area contributed by atoms with Crippen LogP contribution in [0.4, 0.5) is 13.2 Å². The number of unbranched alkanes of at least 4 members (excludes halogenated alkanes) is 1. The average Bonchev–Trinajstić information content (AvgIpc) is 2.71. The van der Waals surface area contributed by atoms with Gasteiger partial charge in [-0.25, -0.2) is 4.79 Å². The number of nitrogens with zero attached hydrogens (tertiary/aromatic N) is 2. The molecule has 9 heteroatoms. The van der Waals surface area contributed by atoms with E-state index in [2.05, 4.69) is 5.10 Å². The molecule has 1 atom stereocenters. The van der Waals surface area contributed by atoms with E-state index in [1.54, 1.807) is 0 Å². The van der Waals surface area contributed by atoms with Gasteiger partial charge in [0.2, 0.25) is 0 Å². The number of esters is 1. The Balaban J connectivity index is 3.08. The van der Waals surface area contributed by atoms with Gasteiger partial charge in [0, 0.05) is 12.1 Å². The van der Waals surface area contributed by atoms with Crippen molar-refractivity contribution in [3.05, 3.63) is 0 Å². The second kappa shape index (κ2) is 6.46. The van der Waals surface area contributed by atoms with Crippen molar-refractivity contribution in [3.8, 4) is 0 Å². The highest BCUT2D eigenvalue weighted by Gasteiger charge is 2.64. The maximum atomic E-state index is 13.2. The van der Waals surface area contributed by atoms with Crippen molar-refractivity contribution in [1.82, 2.24) is 5.01 Å². The van der Waals surface area contributed by atoms with E-state index in [9.17, 15) is 27.9 Å². The minimum atomic E-state index is -5.15. The second-order valence-electron chi connectivity index (χ2n) is 6.38. The molecule has 0 radical (unpaired) electrons. The molecule has 1 N–H and O–H groups in total. The van der Waals surface area contributed by atoms with Gasteiger partial charge in [-0.05, 0) is 33.6 Å². The third-order valence-corrected chi connectivity index (χ3v) is 3.08. The van der Waals surface area contributed by atoms with Crippen LogP contribution in [0.3, 0.4) is 0 Å². The van der Waals surface area contributed by atoms with Crippen molar-refractivity contribution in [3.63, 3.8) is 0 Å². The Kier molecular flexibility index (Phi) is 5.45. The maximum Gasteiger partial charge on any atom is 0.438 e. The van der Waals surface area contributed by atoms with E-state index in [1.165, 1.54) is 20.8 Å². The molecule has 0 bridgehead atoms. The van der Waals surface area contributed by atoms with E-state index in [1.807, 2.05) is 6.92 Å². The summed E-state index contributed by atoms with van der Waals surface area (Å²) < 4.78 is 44.3. The molecule has 23 heavy (non-hydrogen) atoms. The summed E-state index contributed by atoms with van der Waals surface area (Å²) in [7, 11) is 0. The van der Waals surface area contributed by atoms with Crippen LogP contribution in [-0.2, 0) is 14.3 Å². The van der Waals surface area contributed by atoms with Gasteiger partial charge in [0.15, 0.2) is 0 Å². The Labute approximate surface area is 132 Å². The molecule has 0 aromatic carbocycles. The van der Waals surface area contributed by atoms with Crippen LogP contribution >= 0.6 is 0 Å². The Morgan fingerprint density at radius 1 is 1.35 bits per heavy atom. The molecule has 6 nitrogen and oxygen atoms in total. The lowest BCUT2D eigenvalue weighted by atomic mass is 10.0. The number of carbonyl (C=O) groups is 2. The molecule has 0 aliphatic carbocycles. The number of hydrogen-bond donors (Lipinski definition) is 1. The van der Waals surface area contributed by atoms with Crippen LogP contribution in [0, 0.1) is 0 Å². The van der Waals surface area contributed by atoms with Gasteiger partial charge in [-0.3, -0.25) is 4.79 Å². The minimum absolute atomic E-state index is 0.0172. The first-order chi connectivity index (χ1) is 10.3.